The first-order valence-electron chi connectivity index (χ1n) is 10.8. The van der Waals surface area contributed by atoms with E-state index in [9.17, 15) is 14.7 Å². The van der Waals surface area contributed by atoms with Gasteiger partial charge in [0.25, 0.3) is 0 Å². The molecule has 1 aromatic carbocycles. The molecule has 30 heavy (non-hydrogen) atoms. The maximum Gasteiger partial charge on any atom is 0.227 e. The van der Waals surface area contributed by atoms with Gasteiger partial charge in [0, 0.05) is 31.4 Å². The molecule has 1 aliphatic heterocycles. The zero-order chi connectivity index (χ0) is 21.0. The number of amides is 2. The van der Waals surface area contributed by atoms with Crippen LogP contribution in [0.15, 0.2) is 54.9 Å². The average Bonchev–Trinajstić information content (AvgIpc) is 3.32. The summed E-state index contributed by atoms with van der Waals surface area (Å²) in [5.41, 5.74) is 0.929. The number of aromatic nitrogens is 1. The van der Waals surface area contributed by atoms with Gasteiger partial charge in [-0.15, -0.1) is 0 Å². The first-order valence-corrected chi connectivity index (χ1v) is 10.8. The zero-order valence-corrected chi connectivity index (χ0v) is 17.2. The van der Waals surface area contributed by atoms with Gasteiger partial charge in [-0.1, -0.05) is 43.2 Å². The van der Waals surface area contributed by atoms with Crippen molar-refractivity contribution in [3.63, 3.8) is 0 Å². The molecule has 4 rings (SSSR count). The Morgan fingerprint density at radius 2 is 1.80 bits per heavy atom. The van der Waals surface area contributed by atoms with Crippen LogP contribution in [0.1, 0.15) is 43.2 Å². The number of aliphatic hydroxyl groups excluding tert-OH is 1. The van der Waals surface area contributed by atoms with E-state index in [2.05, 4.69) is 10.3 Å². The van der Waals surface area contributed by atoms with Gasteiger partial charge in [-0.2, -0.15) is 0 Å². The van der Waals surface area contributed by atoms with E-state index >= 15 is 0 Å². The second-order valence-electron chi connectivity index (χ2n) is 8.45. The lowest BCUT2D eigenvalue weighted by molar-refractivity contribution is -0.139. The van der Waals surface area contributed by atoms with Gasteiger partial charge in [-0.25, -0.2) is 0 Å². The molecule has 2 aromatic rings. The topological polar surface area (TPSA) is 82.5 Å². The maximum atomic E-state index is 13.0. The number of carbonyl (C=O) groups is 2. The van der Waals surface area contributed by atoms with Crippen LogP contribution < -0.4 is 5.32 Å². The zero-order valence-electron chi connectivity index (χ0n) is 17.2. The number of carbonyl (C=O) groups excluding carboxylic acids is 2. The maximum absolute atomic E-state index is 13.0. The van der Waals surface area contributed by atoms with Crippen LogP contribution in [0.5, 0.6) is 0 Å². The Hall–Kier alpha value is -2.73. The van der Waals surface area contributed by atoms with Crippen LogP contribution in [0.3, 0.4) is 0 Å². The summed E-state index contributed by atoms with van der Waals surface area (Å²) in [6.45, 7) is 0.685. The predicted molar refractivity (Wildman–Crippen MR) is 113 cm³/mol. The molecule has 2 fully saturated rings. The molecule has 2 atom stereocenters. The van der Waals surface area contributed by atoms with Crippen LogP contribution in [0.2, 0.25) is 0 Å². The highest BCUT2D eigenvalue weighted by molar-refractivity contribution is 5.81. The SMILES string of the molecule is O=C(N[C@@]1(c2ccccc2)CCN(C(=O)Cc2ccncc2)C[C@H]1O)C1CCCC1. The van der Waals surface area contributed by atoms with E-state index < -0.39 is 11.6 Å². The normalized spacial score (nSPS) is 24.6. The predicted octanol–water partition coefficient (Wildman–Crippen LogP) is 2.42. The van der Waals surface area contributed by atoms with Gasteiger partial charge in [0.2, 0.25) is 11.8 Å². The van der Waals surface area contributed by atoms with Gasteiger partial charge >= 0.3 is 0 Å². The van der Waals surface area contributed by atoms with E-state index in [4.69, 9.17) is 0 Å². The first-order chi connectivity index (χ1) is 14.6. The summed E-state index contributed by atoms with van der Waals surface area (Å²) in [5, 5.41) is 14.4. The van der Waals surface area contributed by atoms with Crippen molar-refractivity contribution >= 4 is 11.8 Å². The molecule has 2 amide bonds. The van der Waals surface area contributed by atoms with Crippen molar-refractivity contribution in [2.24, 2.45) is 5.92 Å². The smallest absolute Gasteiger partial charge is 0.227 e. The molecule has 6 nitrogen and oxygen atoms in total. The third-order valence-corrected chi connectivity index (χ3v) is 6.56. The molecule has 2 aliphatic rings. The number of aliphatic hydroxyl groups is 1. The first kappa shape index (κ1) is 20.5. The molecule has 1 aromatic heterocycles. The number of piperidine rings is 1. The summed E-state index contributed by atoms with van der Waals surface area (Å²) in [5.74, 6) is 0.0140. The van der Waals surface area contributed by atoms with Gasteiger partial charge in [-0.3, -0.25) is 14.6 Å². The fourth-order valence-corrected chi connectivity index (χ4v) is 4.75. The Kier molecular flexibility index (Phi) is 6.13. The van der Waals surface area contributed by atoms with Crippen LogP contribution in [0, 0.1) is 5.92 Å². The Labute approximate surface area is 177 Å². The van der Waals surface area contributed by atoms with Gasteiger partial charge in [0.1, 0.15) is 0 Å². The van der Waals surface area contributed by atoms with E-state index in [1.54, 1.807) is 17.3 Å². The van der Waals surface area contributed by atoms with E-state index in [-0.39, 0.29) is 30.7 Å². The molecular weight excluding hydrogens is 378 g/mol. The van der Waals surface area contributed by atoms with Gasteiger partial charge < -0.3 is 15.3 Å². The highest BCUT2D eigenvalue weighted by Gasteiger charge is 2.46. The van der Waals surface area contributed by atoms with Crippen molar-refractivity contribution in [1.82, 2.24) is 15.2 Å². The molecule has 0 unspecified atom stereocenters. The molecule has 158 valence electrons. The van der Waals surface area contributed by atoms with Gasteiger partial charge in [-0.05, 0) is 42.5 Å². The molecule has 1 saturated heterocycles. The fourth-order valence-electron chi connectivity index (χ4n) is 4.75. The number of likely N-dealkylation sites (tertiary alicyclic amines) is 1. The average molecular weight is 408 g/mol. The second kappa shape index (κ2) is 8.96. The third-order valence-electron chi connectivity index (χ3n) is 6.56. The number of benzene rings is 1. The summed E-state index contributed by atoms with van der Waals surface area (Å²) < 4.78 is 0. The molecular formula is C24H29N3O3. The Balaban J connectivity index is 1.51. The largest absolute Gasteiger partial charge is 0.388 e. The van der Waals surface area contributed by atoms with Crippen LogP contribution in [0.4, 0.5) is 0 Å². The molecule has 6 heteroatoms. The molecule has 0 spiro atoms. The quantitative estimate of drug-likeness (QED) is 0.798. The van der Waals surface area contributed by atoms with Crippen molar-refractivity contribution in [2.75, 3.05) is 13.1 Å². The van der Waals surface area contributed by atoms with E-state index in [0.717, 1.165) is 36.8 Å². The molecule has 1 aliphatic carbocycles. The fraction of sp³-hybridized carbons (Fsp3) is 0.458. The van der Waals surface area contributed by atoms with Crippen molar-refractivity contribution in [3.8, 4) is 0 Å². The number of nitrogens with zero attached hydrogens (tertiary/aromatic N) is 2. The molecule has 1 saturated carbocycles. The number of β-amino-alcohol motifs (C(OH)–C–C–N with tert-alkyl or cyclic N) is 1. The summed E-state index contributed by atoms with van der Waals surface area (Å²) >= 11 is 0. The highest BCUT2D eigenvalue weighted by Crippen LogP contribution is 2.35. The van der Waals surface area contributed by atoms with Crippen molar-refractivity contribution in [2.45, 2.75) is 50.2 Å². The monoisotopic (exact) mass is 407 g/mol. The number of rotatable bonds is 5. The summed E-state index contributed by atoms with van der Waals surface area (Å²) in [7, 11) is 0. The molecule has 0 radical (unpaired) electrons. The molecule has 2 heterocycles. The molecule has 2 N–H and O–H groups in total. The number of nitrogens with one attached hydrogen (secondary N) is 1. The van der Waals surface area contributed by atoms with Crippen LogP contribution in [-0.2, 0) is 21.5 Å². The number of pyridine rings is 1. The summed E-state index contributed by atoms with van der Waals surface area (Å²) in [6, 6.07) is 13.3. The van der Waals surface area contributed by atoms with Crippen LogP contribution >= 0.6 is 0 Å². The second-order valence-corrected chi connectivity index (χ2v) is 8.45. The highest BCUT2D eigenvalue weighted by atomic mass is 16.3. The van der Waals surface area contributed by atoms with E-state index in [1.165, 1.54) is 0 Å². The van der Waals surface area contributed by atoms with Crippen LogP contribution in [0.25, 0.3) is 0 Å². The lowest BCUT2D eigenvalue weighted by Crippen LogP contribution is -2.63. The van der Waals surface area contributed by atoms with Crippen LogP contribution in [-0.4, -0.2) is 46.0 Å². The minimum Gasteiger partial charge on any atom is -0.388 e. The summed E-state index contributed by atoms with van der Waals surface area (Å²) in [6.07, 6.45) is 7.21. The minimum absolute atomic E-state index is 0.0177. The van der Waals surface area contributed by atoms with E-state index in [1.807, 2.05) is 42.5 Å². The summed E-state index contributed by atoms with van der Waals surface area (Å²) in [4.78, 5) is 31.5. The van der Waals surface area contributed by atoms with E-state index in [0.29, 0.717) is 13.0 Å². The van der Waals surface area contributed by atoms with Gasteiger partial charge in [0.05, 0.1) is 18.1 Å². The van der Waals surface area contributed by atoms with Crippen molar-refractivity contribution in [1.29, 1.82) is 0 Å². The lowest BCUT2D eigenvalue weighted by Gasteiger charge is -2.46. The van der Waals surface area contributed by atoms with Crippen molar-refractivity contribution in [3.05, 3.63) is 66.0 Å². The third kappa shape index (κ3) is 4.24. The Morgan fingerprint density at radius 1 is 1.10 bits per heavy atom. The Morgan fingerprint density at radius 3 is 2.47 bits per heavy atom. The van der Waals surface area contributed by atoms with Gasteiger partial charge in [0.15, 0.2) is 0 Å². The molecule has 0 bridgehead atoms. The van der Waals surface area contributed by atoms with Crippen molar-refractivity contribution < 1.29 is 14.7 Å². The number of hydrogen-bond donors (Lipinski definition) is 2. The lowest BCUT2D eigenvalue weighted by atomic mass is 9.78. The number of hydrogen-bond acceptors (Lipinski definition) is 4. The standard InChI is InChI=1S/C24H29N3O3/c28-21-17-27(22(29)16-18-10-13-25-14-11-18)15-12-24(21,20-8-2-1-3-9-20)26-23(30)19-6-4-5-7-19/h1-3,8-11,13-14,19,21,28H,4-7,12,15-17H2,(H,26,30)/t21-,24-/m1/s1. The Bertz CT molecular complexity index is 868. The minimum atomic E-state index is -0.875.